The van der Waals surface area contributed by atoms with Crippen molar-refractivity contribution >= 4 is 28.7 Å². The largest absolute Gasteiger partial charge is 0.381 e. The Labute approximate surface area is 128 Å². The molecule has 0 spiro atoms. The molecule has 6 heteroatoms. The average molecular weight is 306 g/mol. The third-order valence-corrected chi connectivity index (χ3v) is 3.50. The lowest BCUT2D eigenvalue weighted by molar-refractivity contribution is -0.385. The maximum Gasteiger partial charge on any atom is 0.275 e. The lowest BCUT2D eigenvalue weighted by atomic mass is 10.1. The number of benzene rings is 2. The van der Waals surface area contributed by atoms with Gasteiger partial charge in [-0.05, 0) is 30.3 Å². The van der Waals surface area contributed by atoms with Crippen LogP contribution in [0.2, 0.25) is 5.02 Å². The SMILES string of the molecule is CN(C)c1ccc(NCc2c(Cl)cccc2[N+](=O)[O-])cc1. The average Bonchev–Trinajstić information content (AvgIpc) is 2.46. The van der Waals surface area contributed by atoms with Crippen LogP contribution in [-0.4, -0.2) is 19.0 Å². The molecule has 0 aliphatic carbocycles. The van der Waals surface area contributed by atoms with E-state index in [1.54, 1.807) is 12.1 Å². The van der Waals surface area contributed by atoms with Crippen LogP contribution in [0.15, 0.2) is 42.5 Å². The van der Waals surface area contributed by atoms with Gasteiger partial charge in [-0.1, -0.05) is 17.7 Å². The van der Waals surface area contributed by atoms with Gasteiger partial charge in [-0.3, -0.25) is 10.1 Å². The quantitative estimate of drug-likeness (QED) is 0.672. The zero-order valence-electron chi connectivity index (χ0n) is 11.8. The highest BCUT2D eigenvalue weighted by atomic mass is 35.5. The van der Waals surface area contributed by atoms with E-state index in [2.05, 4.69) is 5.32 Å². The molecule has 0 radical (unpaired) electrons. The van der Waals surface area contributed by atoms with Crippen LogP contribution in [0, 0.1) is 10.1 Å². The van der Waals surface area contributed by atoms with Crippen LogP contribution in [0.4, 0.5) is 17.1 Å². The number of nitro benzene ring substituents is 1. The molecule has 2 aromatic rings. The molecule has 0 aromatic heterocycles. The van der Waals surface area contributed by atoms with Crippen LogP contribution in [0.25, 0.3) is 0 Å². The van der Waals surface area contributed by atoms with Crippen LogP contribution in [0.5, 0.6) is 0 Å². The summed E-state index contributed by atoms with van der Waals surface area (Å²) in [5.41, 5.74) is 2.49. The number of nitro groups is 1. The maximum atomic E-state index is 11.0. The molecule has 0 unspecified atom stereocenters. The molecule has 0 heterocycles. The van der Waals surface area contributed by atoms with Gasteiger partial charge in [0.1, 0.15) is 0 Å². The number of rotatable bonds is 5. The second-order valence-electron chi connectivity index (χ2n) is 4.79. The molecule has 2 aromatic carbocycles. The summed E-state index contributed by atoms with van der Waals surface area (Å²) in [4.78, 5) is 12.6. The highest BCUT2D eigenvalue weighted by Crippen LogP contribution is 2.27. The van der Waals surface area contributed by atoms with E-state index in [0.717, 1.165) is 11.4 Å². The van der Waals surface area contributed by atoms with Crippen LogP contribution in [-0.2, 0) is 6.54 Å². The molecular formula is C15H16ClN3O2. The fourth-order valence-electron chi connectivity index (χ4n) is 1.96. The Morgan fingerprint density at radius 2 is 1.86 bits per heavy atom. The second kappa shape index (κ2) is 6.45. The molecule has 0 saturated carbocycles. The molecule has 0 saturated heterocycles. The van der Waals surface area contributed by atoms with E-state index in [1.807, 2.05) is 43.3 Å². The van der Waals surface area contributed by atoms with Crippen molar-refractivity contribution in [3.8, 4) is 0 Å². The minimum Gasteiger partial charge on any atom is -0.381 e. The topological polar surface area (TPSA) is 58.4 Å². The van der Waals surface area contributed by atoms with E-state index >= 15 is 0 Å². The molecule has 2 rings (SSSR count). The van der Waals surface area contributed by atoms with Crippen molar-refractivity contribution in [1.82, 2.24) is 0 Å². The molecule has 5 nitrogen and oxygen atoms in total. The summed E-state index contributed by atoms with van der Waals surface area (Å²) >= 11 is 6.06. The highest BCUT2D eigenvalue weighted by Gasteiger charge is 2.16. The smallest absolute Gasteiger partial charge is 0.275 e. The maximum absolute atomic E-state index is 11.0. The first-order chi connectivity index (χ1) is 9.99. The van der Waals surface area contributed by atoms with Gasteiger partial charge in [0, 0.05) is 38.1 Å². The summed E-state index contributed by atoms with van der Waals surface area (Å²) in [6, 6.07) is 12.5. The zero-order chi connectivity index (χ0) is 15.4. The molecule has 1 N–H and O–H groups in total. The van der Waals surface area contributed by atoms with Crippen molar-refractivity contribution in [3.05, 3.63) is 63.2 Å². The predicted molar refractivity (Wildman–Crippen MR) is 86.2 cm³/mol. The van der Waals surface area contributed by atoms with Gasteiger partial charge < -0.3 is 10.2 Å². The summed E-state index contributed by atoms with van der Waals surface area (Å²) in [5, 5.41) is 14.6. The van der Waals surface area contributed by atoms with Crippen molar-refractivity contribution in [2.45, 2.75) is 6.54 Å². The Morgan fingerprint density at radius 1 is 1.19 bits per heavy atom. The molecule has 0 amide bonds. The fraction of sp³-hybridized carbons (Fsp3) is 0.200. The van der Waals surface area contributed by atoms with Gasteiger partial charge in [0.2, 0.25) is 0 Å². The molecule has 0 atom stereocenters. The van der Waals surface area contributed by atoms with E-state index in [1.165, 1.54) is 6.07 Å². The minimum absolute atomic E-state index is 0.0277. The summed E-state index contributed by atoms with van der Waals surface area (Å²) in [5.74, 6) is 0. The molecule has 0 fully saturated rings. The Kier molecular flexibility index (Phi) is 4.65. The third-order valence-electron chi connectivity index (χ3n) is 3.14. The number of nitrogens with one attached hydrogen (secondary N) is 1. The number of halogens is 1. The number of nitrogens with zero attached hydrogens (tertiary/aromatic N) is 2. The minimum atomic E-state index is -0.419. The summed E-state index contributed by atoms with van der Waals surface area (Å²) in [6.07, 6.45) is 0. The zero-order valence-corrected chi connectivity index (χ0v) is 12.6. The summed E-state index contributed by atoms with van der Waals surface area (Å²) in [6.45, 7) is 0.303. The first-order valence-electron chi connectivity index (χ1n) is 6.42. The molecule has 0 bridgehead atoms. The Hall–Kier alpha value is -2.27. The van der Waals surface area contributed by atoms with Gasteiger partial charge in [0.15, 0.2) is 0 Å². The Morgan fingerprint density at radius 3 is 2.43 bits per heavy atom. The Bertz CT molecular complexity index is 642. The third kappa shape index (κ3) is 3.64. The van der Waals surface area contributed by atoms with E-state index in [-0.39, 0.29) is 5.69 Å². The van der Waals surface area contributed by atoms with Crippen molar-refractivity contribution in [2.24, 2.45) is 0 Å². The van der Waals surface area contributed by atoms with Crippen molar-refractivity contribution in [1.29, 1.82) is 0 Å². The predicted octanol–water partition coefficient (Wildman–Crippen LogP) is 3.93. The lowest BCUT2D eigenvalue weighted by Gasteiger charge is -2.13. The number of anilines is 2. The second-order valence-corrected chi connectivity index (χ2v) is 5.20. The van der Waals surface area contributed by atoms with E-state index < -0.39 is 4.92 Å². The van der Waals surface area contributed by atoms with Crippen molar-refractivity contribution in [3.63, 3.8) is 0 Å². The summed E-state index contributed by atoms with van der Waals surface area (Å²) < 4.78 is 0. The van der Waals surface area contributed by atoms with Crippen LogP contribution in [0.1, 0.15) is 5.56 Å². The molecular weight excluding hydrogens is 290 g/mol. The number of hydrogen-bond acceptors (Lipinski definition) is 4. The summed E-state index contributed by atoms with van der Waals surface area (Å²) in [7, 11) is 3.94. The van der Waals surface area contributed by atoms with Crippen molar-refractivity contribution in [2.75, 3.05) is 24.3 Å². The fourth-order valence-corrected chi connectivity index (χ4v) is 2.20. The van der Waals surface area contributed by atoms with Gasteiger partial charge in [0.05, 0.1) is 15.5 Å². The van der Waals surface area contributed by atoms with Crippen LogP contribution >= 0.6 is 11.6 Å². The first kappa shape index (κ1) is 15.1. The van der Waals surface area contributed by atoms with Crippen LogP contribution in [0.3, 0.4) is 0 Å². The van der Waals surface area contributed by atoms with Crippen molar-refractivity contribution < 1.29 is 4.92 Å². The number of hydrogen-bond donors (Lipinski definition) is 1. The van der Waals surface area contributed by atoms with Gasteiger partial charge in [-0.2, -0.15) is 0 Å². The first-order valence-corrected chi connectivity index (χ1v) is 6.80. The van der Waals surface area contributed by atoms with Gasteiger partial charge in [-0.15, -0.1) is 0 Å². The normalized spacial score (nSPS) is 10.2. The van der Waals surface area contributed by atoms with Gasteiger partial charge in [-0.25, -0.2) is 0 Å². The van der Waals surface area contributed by atoms with E-state index in [4.69, 9.17) is 11.6 Å². The molecule has 0 aliphatic heterocycles. The molecule has 21 heavy (non-hydrogen) atoms. The van der Waals surface area contributed by atoms with E-state index in [0.29, 0.717) is 17.1 Å². The highest BCUT2D eigenvalue weighted by molar-refractivity contribution is 6.31. The van der Waals surface area contributed by atoms with Gasteiger partial charge in [0.25, 0.3) is 5.69 Å². The lowest BCUT2D eigenvalue weighted by Crippen LogP contribution is -2.08. The van der Waals surface area contributed by atoms with Crippen LogP contribution < -0.4 is 10.2 Å². The molecule has 110 valence electrons. The standard InChI is InChI=1S/C15H16ClN3O2/c1-18(2)12-8-6-11(7-9-12)17-10-13-14(16)4-3-5-15(13)19(20)21/h3-9,17H,10H2,1-2H3. The molecule has 0 aliphatic rings. The Balaban J connectivity index is 2.15. The monoisotopic (exact) mass is 305 g/mol. The van der Waals surface area contributed by atoms with E-state index in [9.17, 15) is 10.1 Å². The van der Waals surface area contributed by atoms with Gasteiger partial charge >= 0.3 is 0 Å².